The number of nitrogens with one attached hydrogen (secondary N) is 1. The maximum atomic E-state index is 13.2. The first kappa shape index (κ1) is 24.2. The van der Waals surface area contributed by atoms with Gasteiger partial charge in [0.05, 0.1) is 16.8 Å². The summed E-state index contributed by atoms with van der Waals surface area (Å²) in [5.41, 5.74) is 1.46. The van der Waals surface area contributed by atoms with E-state index < -0.39 is 10.0 Å². The number of amides is 1. The first-order valence-corrected chi connectivity index (χ1v) is 12.3. The second-order valence-corrected chi connectivity index (χ2v) is 9.49. The average Bonchev–Trinajstić information content (AvgIpc) is 3.23. The number of halogens is 1. The lowest BCUT2D eigenvalue weighted by atomic mass is 10.1. The molecule has 3 N–H and O–H groups in total. The Morgan fingerprint density at radius 2 is 1.80 bits per heavy atom. The molecule has 0 aliphatic rings. The van der Waals surface area contributed by atoms with Gasteiger partial charge in [0.25, 0.3) is 5.56 Å². The Kier molecular flexibility index (Phi) is 6.76. The first-order valence-electron chi connectivity index (χ1n) is 10.7. The highest BCUT2D eigenvalue weighted by Crippen LogP contribution is 2.15. The van der Waals surface area contributed by atoms with Gasteiger partial charge in [-0.05, 0) is 55.3 Å². The quantitative estimate of drug-likeness (QED) is 0.376. The lowest BCUT2D eigenvalue weighted by molar-refractivity contribution is -0.121. The van der Waals surface area contributed by atoms with E-state index in [-0.39, 0.29) is 35.1 Å². The summed E-state index contributed by atoms with van der Waals surface area (Å²) in [5.74, 6) is -0.191. The van der Waals surface area contributed by atoms with E-state index in [0.717, 1.165) is 5.56 Å². The van der Waals surface area contributed by atoms with Gasteiger partial charge in [0.15, 0.2) is 5.65 Å². The molecule has 0 aliphatic carbocycles. The molecule has 0 bridgehead atoms. The van der Waals surface area contributed by atoms with Crippen molar-refractivity contribution in [2.24, 2.45) is 5.14 Å². The van der Waals surface area contributed by atoms with Gasteiger partial charge in [0.2, 0.25) is 15.9 Å². The number of carbonyl (C=O) groups excluding carboxylic acids is 1. The van der Waals surface area contributed by atoms with Crippen molar-refractivity contribution in [3.05, 3.63) is 82.3 Å². The summed E-state index contributed by atoms with van der Waals surface area (Å²) in [4.78, 5) is 29.8. The number of nitrogens with zero attached hydrogens (tertiary/aromatic N) is 4. The summed E-state index contributed by atoms with van der Waals surface area (Å²) < 4.78 is 38.7. The molecular formula is C23H23FN6O4S. The average molecular weight is 499 g/mol. The van der Waals surface area contributed by atoms with Crippen LogP contribution in [0.2, 0.25) is 0 Å². The maximum absolute atomic E-state index is 13.2. The van der Waals surface area contributed by atoms with Gasteiger partial charge in [-0.3, -0.25) is 14.2 Å². The molecule has 10 nitrogen and oxygen atoms in total. The van der Waals surface area contributed by atoms with E-state index in [1.54, 1.807) is 31.2 Å². The molecule has 2 aromatic carbocycles. The summed E-state index contributed by atoms with van der Waals surface area (Å²) in [5, 5.41) is 12.4. The van der Waals surface area contributed by atoms with Crippen molar-refractivity contribution in [1.82, 2.24) is 24.6 Å². The van der Waals surface area contributed by atoms with Crippen LogP contribution in [0.4, 0.5) is 4.39 Å². The summed E-state index contributed by atoms with van der Waals surface area (Å²) in [6, 6.07) is 11.8. The van der Waals surface area contributed by atoms with Gasteiger partial charge in [0, 0.05) is 19.5 Å². The Balaban J connectivity index is 1.38. The highest BCUT2D eigenvalue weighted by molar-refractivity contribution is 7.89. The fourth-order valence-electron chi connectivity index (χ4n) is 3.63. The van der Waals surface area contributed by atoms with Gasteiger partial charge in [0.1, 0.15) is 17.0 Å². The number of primary sulfonamides is 1. The zero-order valence-electron chi connectivity index (χ0n) is 18.8. The molecule has 182 valence electrons. The highest BCUT2D eigenvalue weighted by Gasteiger charge is 2.15. The van der Waals surface area contributed by atoms with Crippen LogP contribution in [0.3, 0.4) is 0 Å². The molecule has 0 atom stereocenters. The normalized spacial score (nSPS) is 11.6. The molecule has 12 heteroatoms. The van der Waals surface area contributed by atoms with Crippen LogP contribution in [0.5, 0.6) is 0 Å². The van der Waals surface area contributed by atoms with E-state index in [4.69, 9.17) is 5.14 Å². The smallest absolute Gasteiger partial charge is 0.264 e. The Labute approximate surface area is 200 Å². The number of rotatable bonds is 8. The number of aryl methyl sites for hydroxylation is 1. The van der Waals surface area contributed by atoms with E-state index in [2.05, 4.69) is 15.4 Å². The lowest BCUT2D eigenvalue weighted by Gasteiger charge is -2.11. The molecule has 0 saturated heterocycles. The number of hydrogen-bond donors (Lipinski definition) is 2. The zero-order chi connectivity index (χ0) is 25.2. The monoisotopic (exact) mass is 498 g/mol. The van der Waals surface area contributed by atoms with Gasteiger partial charge in [-0.2, -0.15) is 5.10 Å². The predicted molar refractivity (Wildman–Crippen MR) is 127 cm³/mol. The van der Waals surface area contributed by atoms with Crippen LogP contribution >= 0.6 is 0 Å². The van der Waals surface area contributed by atoms with Crippen molar-refractivity contribution in [2.45, 2.75) is 31.2 Å². The minimum Gasteiger partial charge on any atom is -0.356 e. The minimum atomic E-state index is -3.74. The van der Waals surface area contributed by atoms with Gasteiger partial charge in [-0.15, -0.1) is 0 Å². The molecule has 2 heterocycles. The third kappa shape index (κ3) is 5.44. The zero-order valence-corrected chi connectivity index (χ0v) is 19.6. The third-order valence-corrected chi connectivity index (χ3v) is 6.43. The van der Waals surface area contributed by atoms with Gasteiger partial charge >= 0.3 is 0 Å². The summed E-state index contributed by atoms with van der Waals surface area (Å²) >= 11 is 0. The van der Waals surface area contributed by atoms with Crippen LogP contribution in [0, 0.1) is 12.7 Å². The second kappa shape index (κ2) is 9.76. The van der Waals surface area contributed by atoms with E-state index >= 15 is 0 Å². The van der Waals surface area contributed by atoms with Crippen LogP contribution in [0.15, 0.2) is 64.4 Å². The number of hydrogen-bond acceptors (Lipinski definition) is 6. The number of aromatic nitrogens is 4. The Bertz CT molecular complexity index is 1540. The molecule has 35 heavy (non-hydrogen) atoms. The van der Waals surface area contributed by atoms with Crippen LogP contribution < -0.4 is 16.0 Å². The Morgan fingerprint density at radius 1 is 1.11 bits per heavy atom. The number of carbonyl (C=O) groups is 1. The largest absolute Gasteiger partial charge is 0.356 e. The fourth-order valence-corrected chi connectivity index (χ4v) is 4.15. The Hall–Kier alpha value is -3.90. The van der Waals surface area contributed by atoms with Gasteiger partial charge < -0.3 is 5.32 Å². The van der Waals surface area contributed by atoms with Crippen LogP contribution in [-0.2, 0) is 27.8 Å². The molecule has 2 aromatic heterocycles. The van der Waals surface area contributed by atoms with Crippen molar-refractivity contribution in [1.29, 1.82) is 0 Å². The molecule has 1 amide bonds. The SMILES string of the molecule is Cc1nc2c(cnn2-c2ccc(F)cc2)c(=O)n1CCC(=O)NCCc1ccc(S(N)(=O)=O)cc1. The Morgan fingerprint density at radius 3 is 2.46 bits per heavy atom. The molecule has 0 spiro atoms. The van der Waals surface area contributed by atoms with Crippen molar-refractivity contribution in [2.75, 3.05) is 6.54 Å². The molecule has 4 aromatic rings. The molecular weight excluding hydrogens is 475 g/mol. The van der Waals surface area contributed by atoms with E-state index in [9.17, 15) is 22.4 Å². The van der Waals surface area contributed by atoms with Crippen molar-refractivity contribution >= 4 is 27.0 Å². The summed E-state index contributed by atoms with van der Waals surface area (Å²) in [7, 11) is -3.74. The van der Waals surface area contributed by atoms with Crippen molar-refractivity contribution in [3.8, 4) is 5.69 Å². The molecule has 4 rings (SSSR count). The van der Waals surface area contributed by atoms with E-state index in [1.807, 2.05) is 0 Å². The summed E-state index contributed by atoms with van der Waals surface area (Å²) in [6.07, 6.45) is 1.99. The van der Waals surface area contributed by atoms with Crippen LogP contribution in [0.25, 0.3) is 16.7 Å². The third-order valence-electron chi connectivity index (χ3n) is 5.50. The van der Waals surface area contributed by atoms with E-state index in [0.29, 0.717) is 35.5 Å². The topological polar surface area (TPSA) is 142 Å². The maximum Gasteiger partial charge on any atom is 0.264 e. The highest BCUT2D eigenvalue weighted by atomic mass is 32.2. The fraction of sp³-hybridized carbons (Fsp3) is 0.217. The van der Waals surface area contributed by atoms with Crippen molar-refractivity contribution < 1.29 is 17.6 Å². The number of nitrogens with two attached hydrogens (primary N) is 1. The summed E-state index contributed by atoms with van der Waals surface area (Å²) in [6.45, 7) is 2.17. The van der Waals surface area contributed by atoms with Crippen LogP contribution in [-0.4, -0.2) is 40.2 Å². The van der Waals surface area contributed by atoms with Crippen molar-refractivity contribution in [3.63, 3.8) is 0 Å². The number of fused-ring (bicyclic) bond motifs is 1. The molecule has 0 radical (unpaired) electrons. The van der Waals surface area contributed by atoms with E-state index in [1.165, 1.54) is 39.7 Å². The molecule has 0 unspecified atom stereocenters. The van der Waals surface area contributed by atoms with Gasteiger partial charge in [-0.25, -0.2) is 27.6 Å². The molecule has 0 aliphatic heterocycles. The van der Waals surface area contributed by atoms with Crippen LogP contribution in [0.1, 0.15) is 17.8 Å². The molecule has 0 fully saturated rings. The minimum absolute atomic E-state index is 0.0277. The second-order valence-electron chi connectivity index (χ2n) is 7.92. The number of benzene rings is 2. The number of sulfonamides is 1. The van der Waals surface area contributed by atoms with Gasteiger partial charge in [-0.1, -0.05) is 12.1 Å². The lowest BCUT2D eigenvalue weighted by Crippen LogP contribution is -2.30. The standard InChI is InChI=1S/C23H23FN6O4S/c1-15-28-22-20(14-27-30(22)18-6-4-17(24)5-7-18)23(32)29(15)13-11-21(31)26-12-10-16-2-8-19(9-3-16)35(25,33)34/h2-9,14H,10-13H2,1H3,(H,26,31)(H2,25,33,34). The predicted octanol–water partition coefficient (Wildman–Crippen LogP) is 1.43. The first-order chi connectivity index (χ1) is 16.6. The molecule has 0 saturated carbocycles.